The molecule has 0 saturated carbocycles. The number of carbonyl (C=O) groups excluding carboxylic acids is 3. The number of alkyl carbamates (subject to hydrolysis) is 1. The van der Waals surface area contributed by atoms with Crippen LogP contribution in [0.4, 0.5) is 4.79 Å². The number of hydrogen-bond donors (Lipinski definition) is 1. The van der Waals surface area contributed by atoms with Gasteiger partial charge in [-0.15, -0.1) is 0 Å². The topological polar surface area (TPSA) is 81.7 Å². The largest absolute Gasteiger partial charge is 0.463 e. The number of ether oxygens (including phenoxy) is 2. The highest BCUT2D eigenvalue weighted by molar-refractivity contribution is 6.00. The third kappa shape index (κ3) is 8.69. The van der Waals surface area contributed by atoms with Gasteiger partial charge in [0.1, 0.15) is 5.60 Å². The Balaban J connectivity index is 2.84. The van der Waals surface area contributed by atoms with Crippen LogP contribution in [-0.4, -0.2) is 36.1 Å². The molecule has 0 aromatic heterocycles. The van der Waals surface area contributed by atoms with Crippen molar-refractivity contribution < 1.29 is 23.9 Å². The van der Waals surface area contributed by atoms with Gasteiger partial charge in [-0.2, -0.15) is 0 Å². The van der Waals surface area contributed by atoms with Gasteiger partial charge in [0.25, 0.3) is 0 Å². The van der Waals surface area contributed by atoms with E-state index in [4.69, 9.17) is 9.47 Å². The SMILES string of the molecule is CCOC(=O)C=CC(=O)[C@H](Cc1ccccc1)NC(=O)OC(C)(C)C. The van der Waals surface area contributed by atoms with Crippen molar-refractivity contribution in [2.75, 3.05) is 6.61 Å². The Morgan fingerprint density at radius 2 is 1.76 bits per heavy atom. The van der Waals surface area contributed by atoms with Crippen LogP contribution in [0.5, 0.6) is 0 Å². The van der Waals surface area contributed by atoms with Crippen LogP contribution in [0.1, 0.15) is 33.3 Å². The normalized spacial score (nSPS) is 12.5. The minimum absolute atomic E-state index is 0.223. The molecule has 0 spiro atoms. The van der Waals surface area contributed by atoms with Crippen LogP contribution in [0.15, 0.2) is 42.5 Å². The van der Waals surface area contributed by atoms with Crippen molar-refractivity contribution >= 4 is 17.8 Å². The van der Waals surface area contributed by atoms with E-state index in [1.165, 1.54) is 0 Å². The number of carbonyl (C=O) groups is 3. The molecule has 0 aliphatic heterocycles. The van der Waals surface area contributed by atoms with Gasteiger partial charge < -0.3 is 14.8 Å². The molecule has 0 fully saturated rings. The summed E-state index contributed by atoms with van der Waals surface area (Å²) in [6.07, 6.45) is 1.77. The minimum atomic E-state index is -0.845. The first-order valence-corrected chi connectivity index (χ1v) is 8.13. The molecule has 6 heteroatoms. The lowest BCUT2D eigenvalue weighted by Gasteiger charge is -2.22. The molecule has 0 aliphatic rings. The van der Waals surface area contributed by atoms with Crippen molar-refractivity contribution in [3.63, 3.8) is 0 Å². The summed E-state index contributed by atoms with van der Waals surface area (Å²) in [6, 6.07) is 8.42. The number of benzene rings is 1. The average molecular weight is 347 g/mol. The van der Waals surface area contributed by atoms with Crippen LogP contribution in [0, 0.1) is 0 Å². The molecule has 0 unspecified atom stereocenters. The van der Waals surface area contributed by atoms with E-state index in [2.05, 4.69) is 5.32 Å². The smallest absolute Gasteiger partial charge is 0.408 e. The monoisotopic (exact) mass is 347 g/mol. The van der Waals surface area contributed by atoms with Crippen LogP contribution in [0.3, 0.4) is 0 Å². The Morgan fingerprint density at radius 3 is 2.32 bits per heavy atom. The predicted octanol–water partition coefficient (Wildman–Crippen LogP) is 2.81. The van der Waals surface area contributed by atoms with Gasteiger partial charge >= 0.3 is 12.1 Å². The quantitative estimate of drug-likeness (QED) is 0.606. The van der Waals surface area contributed by atoms with E-state index in [0.717, 1.165) is 17.7 Å². The second-order valence-electron chi connectivity index (χ2n) is 6.38. The Hall–Kier alpha value is -2.63. The lowest BCUT2D eigenvalue weighted by molar-refractivity contribution is -0.137. The van der Waals surface area contributed by atoms with Crippen LogP contribution in [-0.2, 0) is 25.5 Å². The summed E-state index contributed by atoms with van der Waals surface area (Å²) >= 11 is 0. The minimum Gasteiger partial charge on any atom is -0.463 e. The number of nitrogens with one attached hydrogen (secondary N) is 1. The highest BCUT2D eigenvalue weighted by atomic mass is 16.6. The summed E-state index contributed by atoms with van der Waals surface area (Å²) in [5, 5.41) is 2.56. The van der Waals surface area contributed by atoms with Gasteiger partial charge in [0.05, 0.1) is 12.6 Å². The summed E-state index contributed by atoms with van der Waals surface area (Å²) in [5.41, 5.74) is 0.201. The average Bonchev–Trinajstić information content (AvgIpc) is 2.51. The fraction of sp³-hybridized carbons (Fsp3) is 0.421. The summed E-state index contributed by atoms with van der Waals surface area (Å²) in [7, 11) is 0. The molecule has 0 heterocycles. The molecule has 0 radical (unpaired) electrons. The third-order valence-electron chi connectivity index (χ3n) is 2.99. The van der Waals surface area contributed by atoms with Crippen molar-refractivity contribution in [1.82, 2.24) is 5.32 Å². The van der Waals surface area contributed by atoms with E-state index in [9.17, 15) is 14.4 Å². The number of esters is 1. The first-order chi connectivity index (χ1) is 11.7. The molecule has 1 atom stereocenters. The summed E-state index contributed by atoms with van der Waals surface area (Å²) in [4.78, 5) is 35.8. The van der Waals surface area contributed by atoms with Gasteiger partial charge in [-0.05, 0) is 39.3 Å². The Kier molecular flexibility index (Phi) is 7.85. The molecular weight excluding hydrogens is 322 g/mol. The number of rotatable bonds is 7. The lowest BCUT2D eigenvalue weighted by Crippen LogP contribution is -2.44. The van der Waals surface area contributed by atoms with Gasteiger partial charge in [-0.25, -0.2) is 9.59 Å². The molecule has 0 aliphatic carbocycles. The second kappa shape index (κ2) is 9.61. The molecule has 1 aromatic rings. The van der Waals surface area contributed by atoms with Crippen LogP contribution >= 0.6 is 0 Å². The fourth-order valence-electron chi connectivity index (χ4n) is 1.98. The predicted molar refractivity (Wildman–Crippen MR) is 94.1 cm³/mol. The van der Waals surface area contributed by atoms with Gasteiger partial charge in [0.15, 0.2) is 5.78 Å². The summed E-state index contributed by atoms with van der Waals surface area (Å²) in [6.45, 7) is 7.11. The molecule has 136 valence electrons. The number of amides is 1. The van der Waals surface area contributed by atoms with E-state index in [1.807, 2.05) is 30.3 Å². The molecule has 6 nitrogen and oxygen atoms in total. The van der Waals surface area contributed by atoms with Crippen LogP contribution < -0.4 is 5.32 Å². The zero-order chi connectivity index (χ0) is 18.9. The maximum absolute atomic E-state index is 12.4. The molecule has 1 rings (SSSR count). The van der Waals surface area contributed by atoms with Crippen molar-refractivity contribution in [2.24, 2.45) is 0 Å². The van der Waals surface area contributed by atoms with Gasteiger partial charge in [0.2, 0.25) is 0 Å². The molecule has 1 amide bonds. The van der Waals surface area contributed by atoms with Gasteiger partial charge in [-0.3, -0.25) is 4.79 Å². The first kappa shape index (κ1) is 20.4. The Morgan fingerprint density at radius 1 is 1.12 bits per heavy atom. The van der Waals surface area contributed by atoms with Crippen LogP contribution in [0.25, 0.3) is 0 Å². The zero-order valence-corrected chi connectivity index (χ0v) is 15.1. The zero-order valence-electron chi connectivity index (χ0n) is 15.1. The number of hydrogen-bond acceptors (Lipinski definition) is 5. The van der Waals surface area contributed by atoms with E-state index in [0.29, 0.717) is 0 Å². The Labute approximate surface area is 148 Å². The lowest BCUT2D eigenvalue weighted by atomic mass is 10.0. The fourth-order valence-corrected chi connectivity index (χ4v) is 1.98. The van der Waals surface area contributed by atoms with Crippen molar-refractivity contribution in [3.8, 4) is 0 Å². The second-order valence-corrected chi connectivity index (χ2v) is 6.38. The van der Waals surface area contributed by atoms with Crippen molar-refractivity contribution in [2.45, 2.75) is 45.8 Å². The van der Waals surface area contributed by atoms with Crippen LogP contribution in [0.2, 0.25) is 0 Å². The molecule has 0 bridgehead atoms. The van der Waals surface area contributed by atoms with Crippen molar-refractivity contribution in [3.05, 3.63) is 48.0 Å². The third-order valence-corrected chi connectivity index (χ3v) is 2.99. The van der Waals surface area contributed by atoms with E-state index >= 15 is 0 Å². The molecule has 1 aromatic carbocycles. The van der Waals surface area contributed by atoms with E-state index in [1.54, 1.807) is 27.7 Å². The maximum Gasteiger partial charge on any atom is 0.408 e. The molecular formula is C19H25NO5. The maximum atomic E-state index is 12.4. The highest BCUT2D eigenvalue weighted by Gasteiger charge is 2.23. The van der Waals surface area contributed by atoms with Gasteiger partial charge in [-0.1, -0.05) is 30.3 Å². The van der Waals surface area contributed by atoms with E-state index < -0.39 is 29.5 Å². The molecule has 0 saturated heterocycles. The number of ketones is 1. The van der Waals surface area contributed by atoms with Gasteiger partial charge in [0, 0.05) is 12.5 Å². The molecule has 1 N–H and O–H groups in total. The Bertz CT molecular complexity index is 616. The van der Waals surface area contributed by atoms with E-state index in [-0.39, 0.29) is 13.0 Å². The highest BCUT2D eigenvalue weighted by Crippen LogP contribution is 2.09. The summed E-state index contributed by atoms with van der Waals surface area (Å²) in [5.74, 6) is -1.02. The first-order valence-electron chi connectivity index (χ1n) is 8.13. The molecule has 25 heavy (non-hydrogen) atoms. The van der Waals surface area contributed by atoms with Crippen molar-refractivity contribution in [1.29, 1.82) is 0 Å². The summed E-state index contributed by atoms with van der Waals surface area (Å²) < 4.78 is 9.95. The standard InChI is InChI=1S/C19H25NO5/c1-5-24-17(22)12-11-16(21)15(13-14-9-7-6-8-10-14)20-18(23)25-19(2,3)4/h6-12,15H,5,13H2,1-4H3,(H,20,23)/t15-/m0/s1.